The van der Waals surface area contributed by atoms with Gasteiger partial charge in [-0.1, -0.05) is 17.7 Å². The van der Waals surface area contributed by atoms with Crippen LogP contribution in [-0.4, -0.2) is 49.3 Å². The molecule has 5 heteroatoms. The van der Waals surface area contributed by atoms with Gasteiger partial charge in [0.15, 0.2) is 0 Å². The van der Waals surface area contributed by atoms with E-state index in [2.05, 4.69) is 15.2 Å². The van der Waals surface area contributed by atoms with Crippen LogP contribution in [0.15, 0.2) is 18.3 Å². The molecule has 1 N–H and O–H groups in total. The first-order valence-corrected chi connectivity index (χ1v) is 7.21. The monoisotopic (exact) mass is 283 g/mol. The third kappa shape index (κ3) is 4.73. The molecule has 19 heavy (non-hydrogen) atoms. The van der Waals surface area contributed by atoms with Gasteiger partial charge < -0.3 is 10.1 Å². The van der Waals surface area contributed by atoms with Crippen molar-refractivity contribution < 1.29 is 4.74 Å². The Labute approximate surface area is 120 Å². The van der Waals surface area contributed by atoms with Crippen LogP contribution in [0.4, 0.5) is 0 Å². The van der Waals surface area contributed by atoms with Crippen LogP contribution in [0.25, 0.3) is 0 Å². The van der Waals surface area contributed by atoms with E-state index in [-0.39, 0.29) is 0 Å². The summed E-state index contributed by atoms with van der Waals surface area (Å²) in [6.45, 7) is 4.66. The maximum atomic E-state index is 6.13. The van der Waals surface area contributed by atoms with E-state index in [9.17, 15) is 0 Å². The summed E-state index contributed by atoms with van der Waals surface area (Å²) in [6.07, 6.45) is 4.25. The standard InChI is InChI=1S/C14H22ClN3O/c1-19-9-8-18(11-13-5-3-6-16-13)10-12-4-2-7-17-14(12)15/h2,4,7,13,16H,3,5-6,8-11H2,1H3. The van der Waals surface area contributed by atoms with Crippen LogP contribution in [0.1, 0.15) is 18.4 Å². The second kappa shape index (κ2) is 7.80. The highest BCUT2D eigenvalue weighted by atomic mass is 35.5. The molecule has 0 amide bonds. The molecule has 1 fully saturated rings. The molecule has 1 aromatic heterocycles. The Hall–Kier alpha value is -0.680. The van der Waals surface area contributed by atoms with Crippen LogP contribution in [0.5, 0.6) is 0 Å². The molecule has 0 bridgehead atoms. The molecule has 1 aliphatic rings. The third-order valence-corrected chi connectivity index (χ3v) is 3.82. The fraction of sp³-hybridized carbons (Fsp3) is 0.643. The van der Waals surface area contributed by atoms with Gasteiger partial charge in [0.05, 0.1) is 6.61 Å². The van der Waals surface area contributed by atoms with Gasteiger partial charge in [0.2, 0.25) is 0 Å². The van der Waals surface area contributed by atoms with Gasteiger partial charge in [-0.3, -0.25) is 4.90 Å². The number of hydrogen-bond acceptors (Lipinski definition) is 4. The van der Waals surface area contributed by atoms with Crippen LogP contribution in [0.2, 0.25) is 5.15 Å². The molecule has 1 aromatic rings. The fourth-order valence-corrected chi connectivity index (χ4v) is 2.64. The zero-order chi connectivity index (χ0) is 13.5. The van der Waals surface area contributed by atoms with Crippen LogP contribution in [0, 0.1) is 0 Å². The van der Waals surface area contributed by atoms with Gasteiger partial charge in [-0.05, 0) is 25.5 Å². The lowest BCUT2D eigenvalue weighted by atomic mass is 10.2. The molecule has 0 aromatic carbocycles. The summed E-state index contributed by atoms with van der Waals surface area (Å²) in [4.78, 5) is 6.52. The van der Waals surface area contributed by atoms with Crippen LogP contribution in [-0.2, 0) is 11.3 Å². The molecule has 1 unspecified atom stereocenters. The van der Waals surface area contributed by atoms with Gasteiger partial charge in [0.1, 0.15) is 5.15 Å². The highest BCUT2D eigenvalue weighted by Gasteiger charge is 2.18. The molecule has 1 atom stereocenters. The maximum Gasteiger partial charge on any atom is 0.133 e. The van der Waals surface area contributed by atoms with Gasteiger partial charge in [-0.15, -0.1) is 0 Å². The molecule has 0 radical (unpaired) electrons. The van der Waals surface area contributed by atoms with Crippen molar-refractivity contribution in [2.24, 2.45) is 0 Å². The molecule has 106 valence electrons. The van der Waals surface area contributed by atoms with Crippen molar-refractivity contribution in [1.29, 1.82) is 0 Å². The zero-order valence-electron chi connectivity index (χ0n) is 11.4. The van der Waals surface area contributed by atoms with E-state index < -0.39 is 0 Å². The lowest BCUT2D eigenvalue weighted by Gasteiger charge is -2.25. The van der Waals surface area contributed by atoms with Gasteiger partial charge in [0, 0.05) is 44.5 Å². The van der Waals surface area contributed by atoms with Gasteiger partial charge in [-0.25, -0.2) is 4.98 Å². The Morgan fingerprint density at radius 3 is 3.16 bits per heavy atom. The second-order valence-electron chi connectivity index (χ2n) is 4.97. The summed E-state index contributed by atoms with van der Waals surface area (Å²) >= 11 is 6.13. The van der Waals surface area contributed by atoms with E-state index in [0.717, 1.165) is 38.3 Å². The predicted octanol–water partition coefficient (Wildman–Crippen LogP) is 1.94. The van der Waals surface area contributed by atoms with E-state index in [1.54, 1.807) is 13.3 Å². The van der Waals surface area contributed by atoms with Crippen molar-refractivity contribution in [2.75, 3.05) is 33.4 Å². The molecular weight excluding hydrogens is 262 g/mol. The van der Waals surface area contributed by atoms with E-state index in [0.29, 0.717) is 11.2 Å². The minimum absolute atomic E-state index is 0.590. The molecule has 0 aliphatic carbocycles. The van der Waals surface area contributed by atoms with E-state index in [1.165, 1.54) is 12.8 Å². The van der Waals surface area contributed by atoms with E-state index >= 15 is 0 Å². The minimum atomic E-state index is 0.590. The van der Waals surface area contributed by atoms with Crippen molar-refractivity contribution >= 4 is 11.6 Å². The number of pyridine rings is 1. The van der Waals surface area contributed by atoms with Crippen molar-refractivity contribution in [3.8, 4) is 0 Å². The number of methoxy groups -OCH3 is 1. The first-order chi connectivity index (χ1) is 9.29. The lowest BCUT2D eigenvalue weighted by molar-refractivity contribution is 0.138. The smallest absolute Gasteiger partial charge is 0.133 e. The topological polar surface area (TPSA) is 37.4 Å². The van der Waals surface area contributed by atoms with E-state index in [4.69, 9.17) is 16.3 Å². The number of halogens is 1. The number of nitrogens with one attached hydrogen (secondary N) is 1. The number of rotatable bonds is 7. The Bertz CT molecular complexity index is 383. The predicted molar refractivity (Wildman–Crippen MR) is 77.4 cm³/mol. The molecule has 2 heterocycles. The Morgan fingerprint density at radius 2 is 2.47 bits per heavy atom. The zero-order valence-corrected chi connectivity index (χ0v) is 12.2. The fourth-order valence-electron chi connectivity index (χ4n) is 2.46. The quantitative estimate of drug-likeness (QED) is 0.776. The van der Waals surface area contributed by atoms with Crippen molar-refractivity contribution in [3.05, 3.63) is 29.0 Å². The average molecular weight is 284 g/mol. The Morgan fingerprint density at radius 1 is 1.58 bits per heavy atom. The average Bonchev–Trinajstić information content (AvgIpc) is 2.91. The summed E-state index contributed by atoms with van der Waals surface area (Å²) in [7, 11) is 1.74. The summed E-state index contributed by atoms with van der Waals surface area (Å²) < 4.78 is 5.19. The third-order valence-electron chi connectivity index (χ3n) is 3.48. The summed E-state index contributed by atoms with van der Waals surface area (Å²) in [5.41, 5.74) is 1.08. The second-order valence-corrected chi connectivity index (χ2v) is 5.33. The van der Waals surface area contributed by atoms with Gasteiger partial charge in [-0.2, -0.15) is 0 Å². The molecular formula is C14H22ClN3O. The SMILES string of the molecule is COCCN(Cc1cccnc1Cl)CC1CCCN1. The van der Waals surface area contributed by atoms with E-state index in [1.807, 2.05) is 12.1 Å². The first kappa shape index (κ1) is 14.7. The lowest BCUT2D eigenvalue weighted by Crippen LogP contribution is -2.38. The van der Waals surface area contributed by atoms with Gasteiger partial charge in [0.25, 0.3) is 0 Å². The Kier molecular flexibility index (Phi) is 6.04. The molecule has 0 saturated carbocycles. The Balaban J connectivity index is 1.94. The van der Waals surface area contributed by atoms with Crippen molar-refractivity contribution in [3.63, 3.8) is 0 Å². The maximum absolute atomic E-state index is 6.13. The van der Waals surface area contributed by atoms with Crippen LogP contribution >= 0.6 is 11.6 Å². The van der Waals surface area contributed by atoms with Crippen molar-refractivity contribution in [1.82, 2.24) is 15.2 Å². The number of nitrogens with zero attached hydrogens (tertiary/aromatic N) is 2. The molecule has 2 rings (SSSR count). The summed E-state index contributed by atoms with van der Waals surface area (Å²) in [5.74, 6) is 0. The number of aromatic nitrogens is 1. The van der Waals surface area contributed by atoms with Gasteiger partial charge >= 0.3 is 0 Å². The molecule has 4 nitrogen and oxygen atoms in total. The van der Waals surface area contributed by atoms with Crippen LogP contribution < -0.4 is 5.32 Å². The largest absolute Gasteiger partial charge is 0.383 e. The number of hydrogen-bond donors (Lipinski definition) is 1. The molecule has 0 spiro atoms. The van der Waals surface area contributed by atoms with Crippen LogP contribution in [0.3, 0.4) is 0 Å². The first-order valence-electron chi connectivity index (χ1n) is 6.83. The minimum Gasteiger partial charge on any atom is -0.383 e. The summed E-state index contributed by atoms with van der Waals surface area (Å²) in [6, 6.07) is 4.56. The number of ether oxygens (including phenoxy) is 1. The highest BCUT2D eigenvalue weighted by molar-refractivity contribution is 6.30. The molecule has 1 saturated heterocycles. The summed E-state index contributed by atoms with van der Waals surface area (Å²) in [5, 5.41) is 4.13. The highest BCUT2D eigenvalue weighted by Crippen LogP contribution is 2.15. The molecule has 1 aliphatic heterocycles. The normalized spacial score (nSPS) is 19.2. The van der Waals surface area contributed by atoms with Crippen molar-refractivity contribution in [2.45, 2.75) is 25.4 Å².